The smallest absolute Gasteiger partial charge is 0.301 e. The number of aliphatic hydroxyl groups is 1. The number of aryl methyl sites for hydroxylation is 1. The van der Waals surface area contributed by atoms with Crippen LogP contribution < -0.4 is 4.90 Å². The second-order valence-electron chi connectivity index (χ2n) is 6.45. The summed E-state index contributed by atoms with van der Waals surface area (Å²) < 4.78 is 0. The molecule has 1 N–H and O–H groups in total. The number of halogens is 3. The molecule has 10 heteroatoms. The Morgan fingerprint density at radius 2 is 1.73 bits per heavy atom. The molecule has 2 heterocycles. The Bertz CT molecular complexity index is 1210. The number of aliphatic hydroxyl groups excluding tert-OH is 1. The molecule has 1 atom stereocenters. The number of carbonyl (C=O) groups excluding carboxylic acids is 2. The van der Waals surface area contributed by atoms with Gasteiger partial charge in [-0.3, -0.25) is 14.5 Å². The van der Waals surface area contributed by atoms with Crippen LogP contribution in [-0.4, -0.2) is 27.0 Å². The molecule has 4 rings (SSSR count). The van der Waals surface area contributed by atoms with Gasteiger partial charge in [-0.25, -0.2) is 0 Å². The fourth-order valence-corrected chi connectivity index (χ4v) is 4.32. The molecule has 1 saturated heterocycles. The van der Waals surface area contributed by atoms with E-state index in [1.54, 1.807) is 49.4 Å². The predicted molar refractivity (Wildman–Crippen MR) is 117 cm³/mol. The molecule has 0 spiro atoms. The van der Waals surface area contributed by atoms with E-state index in [1.165, 1.54) is 4.90 Å². The van der Waals surface area contributed by atoms with Crippen LogP contribution in [0.1, 0.15) is 22.2 Å². The molecule has 0 bridgehead atoms. The Kier molecular flexibility index (Phi) is 5.55. The number of carbonyl (C=O) groups is 2. The SMILES string of the molecule is Cc1nnc(N2C(=O)C(=O)C(=C(O)c3ccc(Cl)cc3)[C@@H]2c2ccc(Cl)c(Cl)c2)s1. The fraction of sp³-hybridized carbons (Fsp3) is 0.100. The lowest BCUT2D eigenvalue weighted by Gasteiger charge is -2.22. The highest BCUT2D eigenvalue weighted by Crippen LogP contribution is 2.44. The third-order valence-electron chi connectivity index (χ3n) is 4.54. The number of ketones is 1. The molecule has 1 amide bonds. The molecular weight excluding hydrogens is 469 g/mol. The highest BCUT2D eigenvalue weighted by molar-refractivity contribution is 7.15. The number of nitrogens with zero attached hydrogens (tertiary/aromatic N) is 3. The number of hydrogen-bond donors (Lipinski definition) is 1. The second kappa shape index (κ2) is 8.00. The fourth-order valence-electron chi connectivity index (χ4n) is 3.17. The third kappa shape index (κ3) is 3.58. The van der Waals surface area contributed by atoms with Gasteiger partial charge < -0.3 is 5.11 Å². The van der Waals surface area contributed by atoms with Crippen LogP contribution in [0.25, 0.3) is 5.76 Å². The van der Waals surface area contributed by atoms with E-state index in [-0.39, 0.29) is 21.5 Å². The van der Waals surface area contributed by atoms with Crippen LogP contribution in [0.4, 0.5) is 5.13 Å². The van der Waals surface area contributed by atoms with Gasteiger partial charge in [0, 0.05) is 10.6 Å². The molecular formula is C20H12Cl3N3O3S. The normalized spacial score (nSPS) is 18.3. The van der Waals surface area contributed by atoms with Gasteiger partial charge in [-0.2, -0.15) is 0 Å². The summed E-state index contributed by atoms with van der Waals surface area (Å²) in [6.45, 7) is 1.74. The molecule has 0 unspecified atom stereocenters. The van der Waals surface area contributed by atoms with Gasteiger partial charge >= 0.3 is 5.91 Å². The van der Waals surface area contributed by atoms with E-state index in [0.29, 0.717) is 26.2 Å². The van der Waals surface area contributed by atoms with Crippen LogP contribution in [0, 0.1) is 6.92 Å². The zero-order valence-electron chi connectivity index (χ0n) is 15.3. The van der Waals surface area contributed by atoms with Crippen LogP contribution in [-0.2, 0) is 9.59 Å². The summed E-state index contributed by atoms with van der Waals surface area (Å²) >= 11 is 19.3. The van der Waals surface area contributed by atoms with E-state index in [9.17, 15) is 14.7 Å². The van der Waals surface area contributed by atoms with Crippen molar-refractivity contribution < 1.29 is 14.7 Å². The van der Waals surface area contributed by atoms with E-state index in [0.717, 1.165) is 11.3 Å². The Morgan fingerprint density at radius 3 is 2.33 bits per heavy atom. The maximum absolute atomic E-state index is 13.0. The van der Waals surface area contributed by atoms with E-state index >= 15 is 0 Å². The summed E-state index contributed by atoms with van der Waals surface area (Å²) in [5.74, 6) is -1.99. The first-order chi connectivity index (χ1) is 14.3. The van der Waals surface area contributed by atoms with Crippen molar-refractivity contribution in [1.82, 2.24) is 10.2 Å². The van der Waals surface area contributed by atoms with Crippen molar-refractivity contribution >= 4 is 68.7 Å². The van der Waals surface area contributed by atoms with Crippen molar-refractivity contribution in [3.63, 3.8) is 0 Å². The number of hydrogen-bond acceptors (Lipinski definition) is 6. The highest BCUT2D eigenvalue weighted by Gasteiger charge is 2.48. The van der Waals surface area contributed by atoms with Crippen molar-refractivity contribution in [2.75, 3.05) is 4.90 Å². The first kappa shape index (κ1) is 20.8. The second-order valence-corrected chi connectivity index (χ2v) is 8.86. The molecule has 2 aromatic carbocycles. The highest BCUT2D eigenvalue weighted by atomic mass is 35.5. The summed E-state index contributed by atoms with van der Waals surface area (Å²) in [5.41, 5.74) is 0.747. The monoisotopic (exact) mass is 479 g/mol. The Morgan fingerprint density at radius 1 is 1.03 bits per heavy atom. The van der Waals surface area contributed by atoms with Gasteiger partial charge in [-0.15, -0.1) is 10.2 Å². The Hall–Kier alpha value is -2.45. The molecule has 1 aliphatic rings. The van der Waals surface area contributed by atoms with Gasteiger partial charge in [0.2, 0.25) is 5.13 Å². The van der Waals surface area contributed by atoms with Gasteiger partial charge in [0.1, 0.15) is 10.8 Å². The summed E-state index contributed by atoms with van der Waals surface area (Å²) in [5, 5.41) is 20.8. The minimum Gasteiger partial charge on any atom is -0.507 e. The standard InChI is InChI=1S/C20H12Cl3N3O3S/c1-9-24-25-20(30-9)26-16(11-4-7-13(22)14(23)8-11)15(18(28)19(26)29)17(27)10-2-5-12(21)6-3-10/h2-8,16,27H,1H3/t16-/m0/s1. The van der Waals surface area contributed by atoms with Crippen molar-refractivity contribution in [2.24, 2.45) is 0 Å². The molecule has 0 aliphatic carbocycles. The molecule has 3 aromatic rings. The number of anilines is 1. The number of aromatic nitrogens is 2. The molecule has 6 nitrogen and oxygen atoms in total. The van der Waals surface area contributed by atoms with E-state index in [1.807, 2.05) is 0 Å². The lowest BCUT2D eigenvalue weighted by atomic mass is 9.95. The van der Waals surface area contributed by atoms with Crippen molar-refractivity contribution in [1.29, 1.82) is 0 Å². The summed E-state index contributed by atoms with van der Waals surface area (Å²) in [7, 11) is 0. The quantitative estimate of drug-likeness (QED) is 0.307. The number of amides is 1. The molecule has 152 valence electrons. The van der Waals surface area contributed by atoms with Crippen molar-refractivity contribution in [2.45, 2.75) is 13.0 Å². The maximum atomic E-state index is 13.0. The molecule has 1 fully saturated rings. The average molecular weight is 481 g/mol. The lowest BCUT2D eigenvalue weighted by Crippen LogP contribution is -2.29. The first-order valence-electron chi connectivity index (χ1n) is 8.60. The zero-order valence-corrected chi connectivity index (χ0v) is 18.4. The van der Waals surface area contributed by atoms with Gasteiger partial charge in [-0.05, 0) is 48.9 Å². The van der Waals surface area contributed by atoms with Crippen LogP contribution in [0.2, 0.25) is 15.1 Å². The Labute approximate surface area is 190 Å². The lowest BCUT2D eigenvalue weighted by molar-refractivity contribution is -0.132. The van der Waals surface area contributed by atoms with Crippen molar-refractivity contribution in [3.8, 4) is 0 Å². The topological polar surface area (TPSA) is 83.4 Å². The first-order valence-corrected chi connectivity index (χ1v) is 10.5. The molecule has 1 aromatic heterocycles. The number of rotatable bonds is 3. The number of benzene rings is 2. The van der Waals surface area contributed by atoms with Gasteiger partial charge in [0.05, 0.1) is 21.7 Å². The Balaban J connectivity index is 1.96. The summed E-state index contributed by atoms with van der Waals surface area (Å²) in [6.07, 6.45) is 0. The van der Waals surface area contributed by atoms with Crippen LogP contribution in [0.15, 0.2) is 48.0 Å². The average Bonchev–Trinajstić information content (AvgIpc) is 3.25. The zero-order chi connectivity index (χ0) is 21.6. The third-order valence-corrected chi connectivity index (χ3v) is 6.37. The summed E-state index contributed by atoms with van der Waals surface area (Å²) in [4.78, 5) is 27.1. The van der Waals surface area contributed by atoms with Crippen LogP contribution in [0.3, 0.4) is 0 Å². The van der Waals surface area contributed by atoms with E-state index in [4.69, 9.17) is 34.8 Å². The maximum Gasteiger partial charge on any atom is 0.301 e. The predicted octanol–water partition coefficient (Wildman–Crippen LogP) is 5.43. The van der Waals surface area contributed by atoms with E-state index < -0.39 is 17.7 Å². The molecule has 0 saturated carbocycles. The number of Topliss-reactive ketones (excluding diaryl/α,β-unsaturated/α-hetero) is 1. The molecule has 1 aliphatic heterocycles. The minimum atomic E-state index is -0.956. The largest absolute Gasteiger partial charge is 0.507 e. The molecule has 30 heavy (non-hydrogen) atoms. The van der Waals surface area contributed by atoms with Gasteiger partial charge in [0.25, 0.3) is 5.78 Å². The van der Waals surface area contributed by atoms with Gasteiger partial charge in [0.15, 0.2) is 0 Å². The van der Waals surface area contributed by atoms with E-state index in [2.05, 4.69) is 10.2 Å². The van der Waals surface area contributed by atoms with Crippen LogP contribution >= 0.6 is 46.1 Å². The van der Waals surface area contributed by atoms with Crippen molar-refractivity contribution in [3.05, 3.63) is 79.2 Å². The minimum absolute atomic E-state index is 0.0893. The van der Waals surface area contributed by atoms with Gasteiger partial charge in [-0.1, -0.05) is 52.2 Å². The summed E-state index contributed by atoms with van der Waals surface area (Å²) in [6, 6.07) is 10.1. The van der Waals surface area contributed by atoms with Crippen LogP contribution in [0.5, 0.6) is 0 Å². The molecule has 0 radical (unpaired) electrons.